The topological polar surface area (TPSA) is 75.7 Å². The fourth-order valence-corrected chi connectivity index (χ4v) is 5.95. The molecule has 0 radical (unpaired) electrons. The lowest BCUT2D eigenvalue weighted by atomic mass is 9.63. The molecule has 1 heterocycles. The van der Waals surface area contributed by atoms with Crippen molar-refractivity contribution in [1.82, 2.24) is 4.90 Å². The Morgan fingerprint density at radius 3 is 2.22 bits per heavy atom. The van der Waals surface area contributed by atoms with Gasteiger partial charge >= 0.3 is 0 Å². The predicted octanol–water partition coefficient (Wildman–Crippen LogP) is 4.12. The van der Waals surface area contributed by atoms with E-state index in [9.17, 15) is 14.4 Å². The minimum atomic E-state index is -0.393. The molecule has 0 aromatic heterocycles. The molecule has 3 amide bonds. The molecular weight excluding hydrogens is 428 g/mol. The van der Waals surface area contributed by atoms with Crippen molar-refractivity contribution in [1.29, 1.82) is 0 Å². The Morgan fingerprint density at radius 2 is 1.59 bits per heavy atom. The van der Waals surface area contributed by atoms with E-state index >= 15 is 0 Å². The SMILES string of the molecule is O=C(CN1C(=O)[C@@H]2[C@@H]3C=C[C@H]([C@H]4C[C@H]34)[C@@H]2C1=O)Nc1ccc(Oc2ccccc2Cl)cc1. The molecule has 6 atom stereocenters. The summed E-state index contributed by atoms with van der Waals surface area (Å²) in [5, 5.41) is 3.27. The van der Waals surface area contributed by atoms with E-state index in [2.05, 4.69) is 17.5 Å². The highest BCUT2D eigenvalue weighted by molar-refractivity contribution is 6.32. The predicted molar refractivity (Wildman–Crippen MR) is 118 cm³/mol. The number of benzene rings is 2. The molecule has 1 aliphatic heterocycles. The molecular formula is C25H21ClN2O4. The maximum absolute atomic E-state index is 13.0. The molecule has 0 spiro atoms. The molecule has 2 aromatic carbocycles. The van der Waals surface area contributed by atoms with Crippen LogP contribution in [0, 0.1) is 35.5 Å². The molecule has 4 aliphatic carbocycles. The molecule has 6 nitrogen and oxygen atoms in total. The normalized spacial score (nSPS) is 31.3. The summed E-state index contributed by atoms with van der Waals surface area (Å²) in [6.07, 6.45) is 5.37. The number of carbonyl (C=O) groups is 3. The van der Waals surface area contributed by atoms with Gasteiger partial charge in [-0.05, 0) is 66.5 Å². The maximum Gasteiger partial charge on any atom is 0.244 e. The Labute approximate surface area is 190 Å². The second kappa shape index (κ2) is 7.20. The number of allylic oxidation sites excluding steroid dienone is 2. The van der Waals surface area contributed by atoms with E-state index in [4.69, 9.17) is 16.3 Å². The summed E-state index contributed by atoms with van der Waals surface area (Å²) in [6.45, 7) is -0.253. The minimum absolute atomic E-state index is 0.158. The van der Waals surface area contributed by atoms with E-state index in [1.54, 1.807) is 36.4 Å². The van der Waals surface area contributed by atoms with E-state index in [1.807, 2.05) is 12.1 Å². The second-order valence-corrected chi connectivity index (χ2v) is 9.43. The first-order valence-corrected chi connectivity index (χ1v) is 11.2. The highest BCUT2D eigenvalue weighted by atomic mass is 35.5. The van der Waals surface area contributed by atoms with Gasteiger partial charge in [0.25, 0.3) is 0 Å². The van der Waals surface area contributed by atoms with Crippen LogP contribution in [0.15, 0.2) is 60.7 Å². The lowest BCUT2D eigenvalue weighted by Gasteiger charge is -2.37. The average molecular weight is 449 g/mol. The monoisotopic (exact) mass is 448 g/mol. The van der Waals surface area contributed by atoms with E-state index < -0.39 is 5.91 Å². The van der Waals surface area contributed by atoms with Crippen molar-refractivity contribution in [2.24, 2.45) is 35.5 Å². The van der Waals surface area contributed by atoms with Gasteiger partial charge in [-0.1, -0.05) is 35.9 Å². The Kier molecular flexibility index (Phi) is 4.40. The first-order valence-electron chi connectivity index (χ1n) is 10.9. The molecule has 7 heteroatoms. The minimum Gasteiger partial charge on any atom is -0.456 e. The van der Waals surface area contributed by atoms with Crippen LogP contribution < -0.4 is 10.1 Å². The number of anilines is 1. The summed E-state index contributed by atoms with van der Waals surface area (Å²) in [4.78, 5) is 39.8. The van der Waals surface area contributed by atoms with Crippen molar-refractivity contribution in [3.63, 3.8) is 0 Å². The van der Waals surface area contributed by atoms with Crippen LogP contribution in [-0.2, 0) is 14.4 Å². The van der Waals surface area contributed by atoms with Gasteiger partial charge in [0.1, 0.15) is 18.0 Å². The van der Waals surface area contributed by atoms with E-state index in [1.165, 1.54) is 0 Å². The molecule has 2 bridgehead atoms. The Bertz CT molecular complexity index is 1120. The maximum atomic E-state index is 13.0. The number of amides is 3. The molecule has 162 valence electrons. The van der Waals surface area contributed by atoms with Crippen LogP contribution in [0.3, 0.4) is 0 Å². The fraction of sp³-hybridized carbons (Fsp3) is 0.320. The van der Waals surface area contributed by atoms with Crippen molar-refractivity contribution in [2.75, 3.05) is 11.9 Å². The Hall–Kier alpha value is -3.12. The number of ether oxygens (including phenoxy) is 1. The third kappa shape index (κ3) is 3.05. The molecule has 1 N–H and O–H groups in total. The smallest absolute Gasteiger partial charge is 0.244 e. The zero-order chi connectivity index (χ0) is 22.0. The van der Waals surface area contributed by atoms with Crippen molar-refractivity contribution >= 4 is 35.0 Å². The number of rotatable bonds is 5. The molecule has 1 saturated heterocycles. The lowest BCUT2D eigenvalue weighted by molar-refractivity contribution is -0.142. The van der Waals surface area contributed by atoms with Gasteiger partial charge in [-0.3, -0.25) is 19.3 Å². The van der Waals surface area contributed by atoms with Gasteiger partial charge in [-0.2, -0.15) is 0 Å². The van der Waals surface area contributed by atoms with Crippen molar-refractivity contribution in [3.05, 3.63) is 65.7 Å². The number of nitrogens with one attached hydrogen (secondary N) is 1. The summed E-state index contributed by atoms with van der Waals surface area (Å²) < 4.78 is 5.75. The van der Waals surface area contributed by atoms with Crippen LogP contribution in [0.2, 0.25) is 5.02 Å². The van der Waals surface area contributed by atoms with Crippen LogP contribution in [0.5, 0.6) is 11.5 Å². The molecule has 0 unspecified atom stereocenters. The van der Waals surface area contributed by atoms with Crippen molar-refractivity contribution in [3.8, 4) is 11.5 Å². The second-order valence-electron chi connectivity index (χ2n) is 9.02. The largest absolute Gasteiger partial charge is 0.456 e. The summed E-state index contributed by atoms with van der Waals surface area (Å²) in [5.41, 5.74) is 0.556. The van der Waals surface area contributed by atoms with Gasteiger partial charge in [0.05, 0.1) is 16.9 Å². The summed E-state index contributed by atoms with van der Waals surface area (Å²) >= 11 is 6.11. The fourth-order valence-electron chi connectivity index (χ4n) is 5.78. The summed E-state index contributed by atoms with van der Waals surface area (Å²) in [6, 6.07) is 14.0. The Morgan fingerprint density at radius 1 is 0.969 bits per heavy atom. The summed E-state index contributed by atoms with van der Waals surface area (Å²) in [5.74, 6) is 1.18. The third-order valence-corrected chi connectivity index (χ3v) is 7.57. The average Bonchev–Trinajstić information content (AvgIpc) is 3.58. The van der Waals surface area contributed by atoms with E-state index in [0.29, 0.717) is 34.0 Å². The quantitative estimate of drug-likeness (QED) is 0.551. The molecule has 5 aliphatic rings. The standard InChI is InChI=1S/C25H21ClN2O4/c26-19-3-1-2-4-20(19)32-14-7-5-13(6-8-14)27-21(29)12-28-24(30)22-15-9-10-16(18-11-17(15)18)23(22)25(28)31/h1-10,15-18,22-23H,11-12H2,(H,27,29)/t15-,16-,17-,18-,22-,23+/m1/s1. The number of hydrogen-bond donors (Lipinski definition) is 1. The highest BCUT2D eigenvalue weighted by Crippen LogP contribution is 2.65. The number of halogens is 1. The van der Waals surface area contributed by atoms with Crippen LogP contribution in [0.4, 0.5) is 5.69 Å². The van der Waals surface area contributed by atoms with Gasteiger partial charge in [0.2, 0.25) is 17.7 Å². The molecule has 32 heavy (non-hydrogen) atoms. The van der Waals surface area contributed by atoms with Crippen LogP contribution >= 0.6 is 11.6 Å². The molecule has 2 saturated carbocycles. The van der Waals surface area contributed by atoms with Crippen LogP contribution in [-0.4, -0.2) is 29.2 Å². The van der Waals surface area contributed by atoms with Gasteiger partial charge in [0, 0.05) is 5.69 Å². The number of imide groups is 1. The summed E-state index contributed by atoms with van der Waals surface area (Å²) in [7, 11) is 0. The van der Waals surface area contributed by atoms with Crippen molar-refractivity contribution < 1.29 is 19.1 Å². The third-order valence-electron chi connectivity index (χ3n) is 7.26. The number of nitrogens with zero attached hydrogens (tertiary/aromatic N) is 1. The number of para-hydroxylation sites is 1. The van der Waals surface area contributed by atoms with Gasteiger partial charge in [-0.25, -0.2) is 0 Å². The molecule has 3 fully saturated rings. The van der Waals surface area contributed by atoms with Gasteiger partial charge in [0.15, 0.2) is 0 Å². The first kappa shape index (κ1) is 19.6. The van der Waals surface area contributed by atoms with E-state index in [0.717, 1.165) is 11.3 Å². The number of carbonyl (C=O) groups excluding carboxylic acids is 3. The zero-order valence-corrected chi connectivity index (χ0v) is 17.9. The molecule has 7 rings (SSSR count). The lowest BCUT2D eigenvalue weighted by Crippen LogP contribution is -2.40. The highest BCUT2D eigenvalue weighted by Gasteiger charge is 2.67. The van der Waals surface area contributed by atoms with Crippen LogP contribution in [0.25, 0.3) is 0 Å². The first-order chi connectivity index (χ1) is 15.5. The number of hydrogen-bond acceptors (Lipinski definition) is 4. The zero-order valence-electron chi connectivity index (χ0n) is 17.1. The van der Waals surface area contributed by atoms with Gasteiger partial charge < -0.3 is 10.1 Å². The number of likely N-dealkylation sites (tertiary alicyclic amines) is 1. The molecule has 2 aromatic rings. The Balaban J connectivity index is 1.10. The van der Waals surface area contributed by atoms with Crippen molar-refractivity contribution in [2.45, 2.75) is 6.42 Å². The van der Waals surface area contributed by atoms with Crippen LogP contribution in [0.1, 0.15) is 6.42 Å². The van der Waals surface area contributed by atoms with Gasteiger partial charge in [-0.15, -0.1) is 0 Å². The van der Waals surface area contributed by atoms with E-state index in [-0.39, 0.29) is 42.0 Å².